The number of carbonyl (C=O) groups is 1. The number of halogens is 1. The van der Waals surface area contributed by atoms with E-state index in [1.807, 2.05) is 17.0 Å². The molecule has 2 N–H and O–H groups in total. The topological polar surface area (TPSA) is 55.6 Å². The lowest BCUT2D eigenvalue weighted by atomic mass is 9.95. The largest absolute Gasteiger partial charge is 0.373 e. The molecule has 2 unspecified atom stereocenters. The Labute approximate surface area is 134 Å². The lowest BCUT2D eigenvalue weighted by Crippen LogP contribution is -2.50. The number of benzene rings is 1. The lowest BCUT2D eigenvalue weighted by molar-refractivity contribution is -0.142. The van der Waals surface area contributed by atoms with Gasteiger partial charge in [-0.15, -0.1) is 0 Å². The first-order chi connectivity index (χ1) is 10.1. The van der Waals surface area contributed by atoms with Crippen LogP contribution >= 0.6 is 15.9 Å². The summed E-state index contributed by atoms with van der Waals surface area (Å²) in [6.07, 6.45) is 1.60. The van der Waals surface area contributed by atoms with Crippen molar-refractivity contribution in [2.24, 2.45) is 11.7 Å². The second-order valence-electron chi connectivity index (χ2n) is 5.45. The molecule has 1 aromatic rings. The van der Waals surface area contributed by atoms with Crippen LogP contribution < -0.4 is 5.73 Å². The fourth-order valence-electron chi connectivity index (χ4n) is 2.68. The third kappa shape index (κ3) is 4.53. The zero-order valence-electron chi connectivity index (χ0n) is 12.4. The van der Waals surface area contributed by atoms with E-state index in [1.165, 1.54) is 5.56 Å². The predicted octanol–water partition coefficient (Wildman–Crippen LogP) is 2.20. The molecular formula is C16H23BrN2O2. The Bertz CT molecular complexity index is 481. The minimum atomic E-state index is -0.0222. The molecular weight excluding hydrogens is 332 g/mol. The molecule has 1 saturated heterocycles. The van der Waals surface area contributed by atoms with E-state index in [0.29, 0.717) is 26.2 Å². The molecule has 0 bridgehead atoms. The van der Waals surface area contributed by atoms with Crippen LogP contribution in [0, 0.1) is 5.92 Å². The molecule has 1 aliphatic rings. The molecule has 1 amide bonds. The number of nitrogens with two attached hydrogens (primary N) is 1. The van der Waals surface area contributed by atoms with Gasteiger partial charge in [-0.1, -0.05) is 35.0 Å². The monoisotopic (exact) mass is 354 g/mol. The summed E-state index contributed by atoms with van der Waals surface area (Å²) in [6, 6.07) is 8.16. The van der Waals surface area contributed by atoms with Crippen LogP contribution in [-0.4, -0.2) is 43.2 Å². The molecule has 0 spiro atoms. The molecule has 1 fully saturated rings. The van der Waals surface area contributed by atoms with E-state index in [2.05, 4.69) is 35.0 Å². The summed E-state index contributed by atoms with van der Waals surface area (Å²) in [5.74, 6) is 0.245. The first-order valence-electron chi connectivity index (χ1n) is 7.49. The molecule has 5 heteroatoms. The Morgan fingerprint density at radius 1 is 1.57 bits per heavy atom. The number of morpholine rings is 1. The van der Waals surface area contributed by atoms with E-state index >= 15 is 0 Å². The molecule has 0 aliphatic carbocycles. The Hall–Kier alpha value is -0.910. The molecule has 0 aromatic heterocycles. The van der Waals surface area contributed by atoms with Crippen LogP contribution in [0.2, 0.25) is 0 Å². The van der Waals surface area contributed by atoms with Gasteiger partial charge in [-0.05, 0) is 30.5 Å². The summed E-state index contributed by atoms with van der Waals surface area (Å²) in [4.78, 5) is 14.6. The number of carbonyl (C=O) groups excluding carboxylic acids is 1. The highest BCUT2D eigenvalue weighted by Crippen LogP contribution is 2.19. The van der Waals surface area contributed by atoms with E-state index in [-0.39, 0.29) is 17.9 Å². The molecule has 21 heavy (non-hydrogen) atoms. The quantitative estimate of drug-likeness (QED) is 0.881. The highest BCUT2D eigenvalue weighted by atomic mass is 79.9. The molecule has 4 nitrogen and oxygen atoms in total. The van der Waals surface area contributed by atoms with Crippen LogP contribution in [0.25, 0.3) is 0 Å². The van der Waals surface area contributed by atoms with Crippen molar-refractivity contribution in [3.05, 3.63) is 34.3 Å². The summed E-state index contributed by atoms with van der Waals surface area (Å²) in [5.41, 5.74) is 6.83. The fourth-order valence-corrected chi connectivity index (χ4v) is 3.12. The smallest absolute Gasteiger partial charge is 0.226 e. The van der Waals surface area contributed by atoms with E-state index in [0.717, 1.165) is 17.3 Å². The Kier molecular flexibility index (Phi) is 6.21. The summed E-state index contributed by atoms with van der Waals surface area (Å²) in [7, 11) is 0. The zero-order chi connectivity index (χ0) is 15.2. The third-order valence-corrected chi connectivity index (χ3v) is 4.42. The average Bonchev–Trinajstić information content (AvgIpc) is 2.52. The predicted molar refractivity (Wildman–Crippen MR) is 87.0 cm³/mol. The van der Waals surface area contributed by atoms with Gasteiger partial charge in [-0.3, -0.25) is 4.79 Å². The molecule has 1 heterocycles. The van der Waals surface area contributed by atoms with Crippen molar-refractivity contribution in [2.45, 2.75) is 25.9 Å². The van der Waals surface area contributed by atoms with Crippen molar-refractivity contribution in [2.75, 3.05) is 26.2 Å². The summed E-state index contributed by atoms with van der Waals surface area (Å²) in [6.45, 7) is 4.41. The fraction of sp³-hybridized carbons (Fsp3) is 0.562. The van der Waals surface area contributed by atoms with Gasteiger partial charge in [-0.2, -0.15) is 0 Å². The first kappa shape index (κ1) is 16.5. The van der Waals surface area contributed by atoms with Crippen molar-refractivity contribution >= 4 is 21.8 Å². The molecule has 1 aromatic carbocycles. The summed E-state index contributed by atoms with van der Waals surface area (Å²) >= 11 is 3.48. The Morgan fingerprint density at radius 2 is 2.38 bits per heavy atom. The second-order valence-corrected chi connectivity index (χ2v) is 6.37. The maximum Gasteiger partial charge on any atom is 0.226 e. The maximum absolute atomic E-state index is 12.7. The van der Waals surface area contributed by atoms with E-state index in [1.54, 1.807) is 0 Å². The van der Waals surface area contributed by atoms with Crippen molar-refractivity contribution in [1.29, 1.82) is 0 Å². The molecule has 2 atom stereocenters. The molecule has 2 rings (SSSR count). The SMILES string of the molecule is CCC(Cc1cccc(Br)c1)C(=O)N1CCOC(CN)C1. The van der Waals surface area contributed by atoms with Crippen LogP contribution in [0.5, 0.6) is 0 Å². The standard InChI is InChI=1S/C16H23BrN2O2/c1-2-13(8-12-4-3-5-14(17)9-12)16(20)19-6-7-21-15(10-18)11-19/h3-5,9,13,15H,2,6-8,10-11,18H2,1H3. The van der Waals surface area contributed by atoms with Crippen LogP contribution in [0.15, 0.2) is 28.7 Å². The molecule has 1 aliphatic heterocycles. The number of ether oxygens (including phenoxy) is 1. The summed E-state index contributed by atoms with van der Waals surface area (Å²) < 4.78 is 6.58. The van der Waals surface area contributed by atoms with Crippen molar-refractivity contribution in [3.8, 4) is 0 Å². The van der Waals surface area contributed by atoms with Gasteiger partial charge < -0.3 is 15.4 Å². The minimum Gasteiger partial charge on any atom is -0.373 e. The van der Waals surface area contributed by atoms with Crippen molar-refractivity contribution in [1.82, 2.24) is 4.90 Å². The Balaban J connectivity index is 2.01. The number of amides is 1. The van der Waals surface area contributed by atoms with Crippen LogP contribution in [0.1, 0.15) is 18.9 Å². The first-order valence-corrected chi connectivity index (χ1v) is 8.28. The van der Waals surface area contributed by atoms with Gasteiger partial charge in [0.05, 0.1) is 12.7 Å². The van der Waals surface area contributed by atoms with Gasteiger partial charge in [0.2, 0.25) is 5.91 Å². The minimum absolute atomic E-state index is 0.0222. The van der Waals surface area contributed by atoms with Gasteiger partial charge in [0.1, 0.15) is 0 Å². The van der Waals surface area contributed by atoms with Gasteiger partial charge in [0, 0.05) is 30.0 Å². The zero-order valence-corrected chi connectivity index (χ0v) is 14.0. The number of hydrogen-bond donors (Lipinski definition) is 1. The summed E-state index contributed by atoms with van der Waals surface area (Å²) in [5, 5.41) is 0. The van der Waals surface area contributed by atoms with E-state index < -0.39 is 0 Å². The van der Waals surface area contributed by atoms with Crippen LogP contribution in [0.3, 0.4) is 0 Å². The highest BCUT2D eigenvalue weighted by molar-refractivity contribution is 9.10. The molecule has 0 saturated carbocycles. The van der Waals surface area contributed by atoms with E-state index in [4.69, 9.17) is 10.5 Å². The lowest BCUT2D eigenvalue weighted by Gasteiger charge is -2.34. The van der Waals surface area contributed by atoms with Gasteiger partial charge in [0.25, 0.3) is 0 Å². The number of rotatable bonds is 5. The molecule has 0 radical (unpaired) electrons. The van der Waals surface area contributed by atoms with Gasteiger partial charge in [0.15, 0.2) is 0 Å². The normalized spacial score (nSPS) is 20.3. The van der Waals surface area contributed by atoms with Gasteiger partial charge in [-0.25, -0.2) is 0 Å². The second kappa shape index (κ2) is 7.92. The molecule has 116 valence electrons. The van der Waals surface area contributed by atoms with Gasteiger partial charge >= 0.3 is 0 Å². The average molecular weight is 355 g/mol. The Morgan fingerprint density at radius 3 is 3.05 bits per heavy atom. The third-order valence-electron chi connectivity index (χ3n) is 3.93. The number of nitrogens with zero attached hydrogens (tertiary/aromatic N) is 1. The number of hydrogen-bond acceptors (Lipinski definition) is 3. The van der Waals surface area contributed by atoms with Crippen LogP contribution in [0.4, 0.5) is 0 Å². The van der Waals surface area contributed by atoms with Crippen molar-refractivity contribution < 1.29 is 9.53 Å². The van der Waals surface area contributed by atoms with Crippen molar-refractivity contribution in [3.63, 3.8) is 0 Å². The maximum atomic E-state index is 12.7. The van der Waals surface area contributed by atoms with E-state index in [9.17, 15) is 4.79 Å². The van der Waals surface area contributed by atoms with Crippen LogP contribution in [-0.2, 0) is 16.0 Å². The highest BCUT2D eigenvalue weighted by Gasteiger charge is 2.28.